The smallest absolute Gasteiger partial charge is 0.390 e. The van der Waals surface area contributed by atoms with Crippen molar-refractivity contribution < 1.29 is 20.1 Å². The minimum Gasteiger partial charge on any atom is -0.504 e. The fraction of sp³-hybridized carbons (Fsp3) is 0.250. The van der Waals surface area contributed by atoms with Crippen molar-refractivity contribution in [1.29, 1.82) is 0 Å². The SMILES string of the molecule is O=[N+]([O-])/C=C/C1C=CC=C(O)C1(O)[N+](=O)[O-]. The molecule has 2 unspecified atom stereocenters. The Labute approximate surface area is 89.1 Å². The van der Waals surface area contributed by atoms with Crippen LogP contribution in [0.4, 0.5) is 0 Å². The van der Waals surface area contributed by atoms with Gasteiger partial charge in [-0.1, -0.05) is 12.2 Å². The van der Waals surface area contributed by atoms with Crippen LogP contribution >= 0.6 is 0 Å². The molecular formula is C8H8N2O6. The van der Waals surface area contributed by atoms with Gasteiger partial charge in [0.05, 0.1) is 9.85 Å². The van der Waals surface area contributed by atoms with E-state index in [2.05, 4.69) is 0 Å². The van der Waals surface area contributed by atoms with Crippen LogP contribution in [0.1, 0.15) is 0 Å². The molecule has 0 amide bonds. The van der Waals surface area contributed by atoms with Crippen LogP contribution in [0.2, 0.25) is 0 Å². The van der Waals surface area contributed by atoms with E-state index in [0.29, 0.717) is 6.20 Å². The summed E-state index contributed by atoms with van der Waals surface area (Å²) in [4.78, 5) is 18.8. The number of aliphatic hydroxyl groups excluding tert-OH is 1. The highest BCUT2D eigenvalue weighted by atomic mass is 16.7. The van der Waals surface area contributed by atoms with E-state index in [9.17, 15) is 30.4 Å². The van der Waals surface area contributed by atoms with Gasteiger partial charge in [-0.15, -0.1) is 0 Å². The van der Waals surface area contributed by atoms with Crippen molar-refractivity contribution >= 4 is 0 Å². The third-order valence-corrected chi connectivity index (χ3v) is 2.11. The Morgan fingerprint density at radius 1 is 1.44 bits per heavy atom. The van der Waals surface area contributed by atoms with Crippen LogP contribution in [0, 0.1) is 26.1 Å². The van der Waals surface area contributed by atoms with Crippen molar-refractivity contribution in [3.63, 3.8) is 0 Å². The van der Waals surface area contributed by atoms with Crippen LogP contribution < -0.4 is 0 Å². The first-order valence-corrected chi connectivity index (χ1v) is 4.15. The second-order valence-electron chi connectivity index (χ2n) is 3.07. The summed E-state index contributed by atoms with van der Waals surface area (Å²) in [5, 5.41) is 39.6. The van der Waals surface area contributed by atoms with Gasteiger partial charge >= 0.3 is 5.72 Å². The van der Waals surface area contributed by atoms with Crippen LogP contribution in [0.15, 0.2) is 36.3 Å². The molecule has 0 aromatic rings. The minimum atomic E-state index is -2.75. The Hall–Kier alpha value is -2.22. The van der Waals surface area contributed by atoms with Crippen molar-refractivity contribution in [2.24, 2.45) is 5.92 Å². The monoisotopic (exact) mass is 228 g/mol. The largest absolute Gasteiger partial charge is 0.504 e. The molecule has 0 bridgehead atoms. The molecule has 0 aromatic carbocycles. The molecule has 1 aliphatic rings. The van der Waals surface area contributed by atoms with E-state index in [1.54, 1.807) is 0 Å². The summed E-state index contributed by atoms with van der Waals surface area (Å²) in [5.41, 5.74) is -2.75. The number of hydrogen-bond acceptors (Lipinski definition) is 6. The Balaban J connectivity index is 3.09. The fourth-order valence-corrected chi connectivity index (χ4v) is 1.27. The Morgan fingerprint density at radius 3 is 2.56 bits per heavy atom. The number of rotatable bonds is 3. The lowest BCUT2D eigenvalue weighted by Gasteiger charge is -2.24. The Bertz CT molecular complexity index is 413. The van der Waals surface area contributed by atoms with E-state index < -0.39 is 27.2 Å². The zero-order valence-corrected chi connectivity index (χ0v) is 7.89. The standard InChI is InChI=1S/C8H8N2O6/c11-7-3-1-2-6(4-5-9(13)14)8(7,12)10(15)16/h1-6,11-12H/b5-4+. The number of hydrogen-bond donors (Lipinski definition) is 2. The predicted octanol–water partition coefficient (Wildman–Crippen LogP) is 0.370. The minimum absolute atomic E-state index is 0.474. The highest BCUT2D eigenvalue weighted by Crippen LogP contribution is 2.30. The lowest BCUT2D eigenvalue weighted by molar-refractivity contribution is -0.623. The lowest BCUT2D eigenvalue weighted by atomic mass is 9.90. The maximum atomic E-state index is 10.7. The fourth-order valence-electron chi connectivity index (χ4n) is 1.27. The molecule has 8 nitrogen and oxygen atoms in total. The second-order valence-corrected chi connectivity index (χ2v) is 3.07. The predicted molar refractivity (Wildman–Crippen MR) is 51.4 cm³/mol. The first kappa shape index (κ1) is 11.9. The number of allylic oxidation sites excluding steroid dienone is 2. The summed E-state index contributed by atoms with van der Waals surface area (Å²) in [5.74, 6) is -2.16. The molecular weight excluding hydrogens is 220 g/mol. The van der Waals surface area contributed by atoms with Crippen molar-refractivity contribution in [2.75, 3.05) is 0 Å². The molecule has 0 aliphatic heterocycles. The number of aliphatic hydroxyl groups is 2. The third kappa shape index (κ3) is 1.91. The first-order valence-electron chi connectivity index (χ1n) is 4.15. The zero-order chi connectivity index (χ0) is 12.3. The van der Waals surface area contributed by atoms with E-state index in [1.807, 2.05) is 0 Å². The van der Waals surface area contributed by atoms with Crippen LogP contribution in [0.25, 0.3) is 0 Å². The summed E-state index contributed by atoms with van der Waals surface area (Å²) in [6.07, 6.45) is 4.72. The van der Waals surface area contributed by atoms with Crippen molar-refractivity contribution in [3.8, 4) is 0 Å². The Morgan fingerprint density at radius 2 is 2.06 bits per heavy atom. The molecule has 0 saturated carbocycles. The van der Waals surface area contributed by atoms with E-state index in [-0.39, 0.29) is 0 Å². The molecule has 1 aliphatic carbocycles. The molecule has 16 heavy (non-hydrogen) atoms. The van der Waals surface area contributed by atoms with Gasteiger partial charge in [-0.3, -0.25) is 20.2 Å². The average molecular weight is 228 g/mol. The van der Waals surface area contributed by atoms with Gasteiger partial charge in [-0.05, 0) is 6.08 Å². The summed E-state index contributed by atoms with van der Waals surface area (Å²) >= 11 is 0. The number of nitro groups is 2. The van der Waals surface area contributed by atoms with E-state index >= 15 is 0 Å². The summed E-state index contributed by atoms with van der Waals surface area (Å²) < 4.78 is 0. The van der Waals surface area contributed by atoms with E-state index in [4.69, 9.17) is 0 Å². The van der Waals surface area contributed by atoms with Crippen LogP contribution in [-0.4, -0.2) is 25.8 Å². The molecule has 0 heterocycles. The zero-order valence-electron chi connectivity index (χ0n) is 7.89. The molecule has 0 spiro atoms. The van der Waals surface area contributed by atoms with Crippen LogP contribution in [0.5, 0.6) is 0 Å². The maximum absolute atomic E-state index is 10.7. The van der Waals surface area contributed by atoms with Crippen LogP contribution in [-0.2, 0) is 0 Å². The normalized spacial score (nSPS) is 29.1. The molecule has 0 radical (unpaired) electrons. The highest BCUT2D eigenvalue weighted by molar-refractivity contribution is 5.25. The van der Waals surface area contributed by atoms with E-state index in [1.165, 1.54) is 12.2 Å². The quantitative estimate of drug-likeness (QED) is 0.408. The average Bonchev–Trinajstić information content (AvgIpc) is 2.19. The van der Waals surface area contributed by atoms with Gasteiger partial charge in [0.2, 0.25) is 12.0 Å². The van der Waals surface area contributed by atoms with Crippen molar-refractivity contribution in [3.05, 3.63) is 56.5 Å². The van der Waals surface area contributed by atoms with Gasteiger partial charge in [0.1, 0.15) is 5.92 Å². The highest BCUT2D eigenvalue weighted by Gasteiger charge is 2.52. The second kappa shape index (κ2) is 4.11. The van der Waals surface area contributed by atoms with Crippen molar-refractivity contribution in [1.82, 2.24) is 0 Å². The lowest BCUT2D eigenvalue weighted by Crippen LogP contribution is -2.47. The van der Waals surface area contributed by atoms with Gasteiger partial charge < -0.3 is 10.2 Å². The maximum Gasteiger partial charge on any atom is 0.390 e. The Kier molecular flexibility index (Phi) is 3.04. The molecule has 86 valence electrons. The summed E-state index contributed by atoms with van der Waals surface area (Å²) in [7, 11) is 0. The molecule has 0 aromatic heterocycles. The van der Waals surface area contributed by atoms with Gasteiger partial charge in [-0.2, -0.15) is 0 Å². The van der Waals surface area contributed by atoms with Gasteiger partial charge in [0, 0.05) is 6.08 Å². The van der Waals surface area contributed by atoms with Crippen molar-refractivity contribution in [2.45, 2.75) is 5.72 Å². The number of nitrogens with zero attached hydrogens (tertiary/aromatic N) is 2. The topological polar surface area (TPSA) is 127 Å². The summed E-state index contributed by atoms with van der Waals surface area (Å²) in [6, 6.07) is 0. The van der Waals surface area contributed by atoms with Crippen LogP contribution in [0.3, 0.4) is 0 Å². The third-order valence-electron chi connectivity index (χ3n) is 2.11. The summed E-state index contributed by atoms with van der Waals surface area (Å²) in [6.45, 7) is 0. The molecule has 0 saturated heterocycles. The van der Waals surface area contributed by atoms with Gasteiger partial charge in [0.15, 0.2) is 0 Å². The molecule has 2 atom stereocenters. The van der Waals surface area contributed by atoms with Gasteiger partial charge in [-0.25, -0.2) is 0 Å². The van der Waals surface area contributed by atoms with E-state index in [0.717, 1.165) is 12.2 Å². The first-order chi connectivity index (χ1) is 7.39. The molecule has 8 heteroatoms. The molecule has 2 N–H and O–H groups in total. The molecule has 0 fully saturated rings. The van der Waals surface area contributed by atoms with Gasteiger partial charge in [0.25, 0.3) is 0 Å². The molecule has 1 rings (SSSR count).